The zero-order valence-corrected chi connectivity index (χ0v) is 17.1. The Labute approximate surface area is 168 Å². The fraction of sp³-hybridized carbons (Fsp3) is 0.444. The van der Waals surface area contributed by atoms with Gasteiger partial charge in [0.1, 0.15) is 10.6 Å². The van der Waals surface area contributed by atoms with Gasteiger partial charge < -0.3 is 9.84 Å². The second kappa shape index (κ2) is 8.99. The van der Waals surface area contributed by atoms with E-state index >= 15 is 0 Å². The zero-order valence-electron chi connectivity index (χ0n) is 15.5. The number of anilines is 1. The first-order chi connectivity index (χ1) is 13.4. The molecule has 1 aliphatic carbocycles. The Balaban J connectivity index is 1.81. The highest BCUT2D eigenvalue weighted by Crippen LogP contribution is 2.28. The predicted molar refractivity (Wildman–Crippen MR) is 106 cm³/mol. The third-order valence-corrected chi connectivity index (χ3v) is 7.04. The van der Waals surface area contributed by atoms with E-state index in [4.69, 9.17) is 9.84 Å². The van der Waals surface area contributed by atoms with Gasteiger partial charge in [-0.15, -0.1) is 11.3 Å². The van der Waals surface area contributed by atoms with Crippen molar-refractivity contribution in [3.8, 4) is 5.75 Å². The quantitative estimate of drug-likeness (QED) is 0.597. The Bertz CT molecular complexity index is 936. The number of nitrogens with zero attached hydrogens (tertiary/aromatic N) is 1. The van der Waals surface area contributed by atoms with Crippen molar-refractivity contribution in [3.05, 3.63) is 34.8 Å². The number of carbonyl (C=O) groups is 1. The van der Waals surface area contributed by atoms with E-state index in [1.165, 1.54) is 36.6 Å². The fourth-order valence-electron chi connectivity index (χ4n) is 3.11. The molecule has 1 fully saturated rings. The number of hydrogen-bond donors (Lipinski definition) is 3. The highest BCUT2D eigenvalue weighted by Gasteiger charge is 2.26. The molecule has 0 unspecified atom stereocenters. The van der Waals surface area contributed by atoms with Gasteiger partial charge in [-0.1, -0.05) is 12.8 Å². The lowest BCUT2D eigenvalue weighted by Gasteiger charge is -2.15. The SMILES string of the molecule is COc1ccc(C(=O)Nc2ncc(CCO)s2)cc1S(=O)(=O)NC1CCCC1. The minimum Gasteiger partial charge on any atom is -0.495 e. The molecule has 152 valence electrons. The highest BCUT2D eigenvalue weighted by atomic mass is 32.2. The van der Waals surface area contributed by atoms with Crippen LogP contribution in [0, 0.1) is 0 Å². The molecule has 1 amide bonds. The van der Waals surface area contributed by atoms with Gasteiger partial charge in [0.15, 0.2) is 5.13 Å². The van der Waals surface area contributed by atoms with Crippen molar-refractivity contribution in [1.82, 2.24) is 9.71 Å². The van der Waals surface area contributed by atoms with Crippen molar-refractivity contribution in [2.75, 3.05) is 19.0 Å². The summed E-state index contributed by atoms with van der Waals surface area (Å²) in [7, 11) is -2.42. The van der Waals surface area contributed by atoms with Crippen molar-refractivity contribution in [2.45, 2.75) is 43.0 Å². The lowest BCUT2D eigenvalue weighted by atomic mass is 10.2. The first kappa shape index (κ1) is 20.7. The van der Waals surface area contributed by atoms with Gasteiger partial charge in [0, 0.05) is 35.7 Å². The van der Waals surface area contributed by atoms with E-state index in [0.29, 0.717) is 11.6 Å². The van der Waals surface area contributed by atoms with Crippen molar-refractivity contribution in [1.29, 1.82) is 0 Å². The number of ether oxygens (including phenoxy) is 1. The standard InChI is InChI=1S/C18H23N3O5S2/c1-26-15-7-6-12(17(23)20-18-19-11-14(27-18)8-9-22)10-16(15)28(24,25)21-13-4-2-3-5-13/h6-7,10-11,13,21-22H,2-5,8-9H2,1H3,(H,19,20,23). The molecule has 3 N–H and O–H groups in total. The zero-order chi connectivity index (χ0) is 20.1. The van der Waals surface area contributed by atoms with E-state index in [2.05, 4.69) is 15.0 Å². The lowest BCUT2D eigenvalue weighted by molar-refractivity contribution is 0.102. The number of nitrogens with one attached hydrogen (secondary N) is 2. The van der Waals surface area contributed by atoms with Crippen LogP contribution in [0.15, 0.2) is 29.3 Å². The summed E-state index contributed by atoms with van der Waals surface area (Å²) in [5.41, 5.74) is 0.187. The molecule has 0 radical (unpaired) electrons. The van der Waals surface area contributed by atoms with Crippen LogP contribution < -0.4 is 14.8 Å². The molecule has 10 heteroatoms. The van der Waals surface area contributed by atoms with Crippen LogP contribution in [0.4, 0.5) is 5.13 Å². The number of rotatable bonds is 8. The monoisotopic (exact) mass is 425 g/mol. The number of sulfonamides is 1. The summed E-state index contributed by atoms with van der Waals surface area (Å²) in [6.45, 7) is 0.00325. The molecule has 8 nitrogen and oxygen atoms in total. The Morgan fingerprint density at radius 3 is 2.79 bits per heavy atom. The largest absolute Gasteiger partial charge is 0.495 e. The van der Waals surface area contributed by atoms with Crippen molar-refractivity contribution in [3.63, 3.8) is 0 Å². The van der Waals surface area contributed by atoms with Gasteiger partial charge in [0.2, 0.25) is 10.0 Å². The highest BCUT2D eigenvalue weighted by molar-refractivity contribution is 7.89. The van der Waals surface area contributed by atoms with Crippen molar-refractivity contribution in [2.24, 2.45) is 0 Å². The Morgan fingerprint density at radius 1 is 1.36 bits per heavy atom. The van der Waals surface area contributed by atoms with Crippen LogP contribution >= 0.6 is 11.3 Å². The van der Waals surface area contributed by atoms with Crippen molar-refractivity contribution >= 4 is 32.4 Å². The number of benzene rings is 1. The minimum atomic E-state index is -3.81. The Morgan fingerprint density at radius 2 is 2.11 bits per heavy atom. The average molecular weight is 426 g/mol. The van der Waals surface area contributed by atoms with Gasteiger partial charge >= 0.3 is 0 Å². The number of amides is 1. The number of carbonyl (C=O) groups excluding carboxylic acids is 1. The number of thiazole rings is 1. The Kier molecular flexibility index (Phi) is 6.65. The summed E-state index contributed by atoms with van der Waals surface area (Å²) in [4.78, 5) is 17.4. The van der Waals surface area contributed by atoms with Gasteiger partial charge in [-0.05, 0) is 31.0 Å². The van der Waals surface area contributed by atoms with E-state index < -0.39 is 15.9 Å². The topological polar surface area (TPSA) is 118 Å². The number of hydrogen-bond acceptors (Lipinski definition) is 7. The molecule has 28 heavy (non-hydrogen) atoms. The predicted octanol–water partition coefficient (Wildman–Crippen LogP) is 2.16. The molecule has 1 aliphatic rings. The Hall–Kier alpha value is -2.01. The smallest absolute Gasteiger partial charge is 0.257 e. The lowest BCUT2D eigenvalue weighted by Crippen LogP contribution is -2.33. The van der Waals surface area contributed by atoms with E-state index in [1.54, 1.807) is 6.20 Å². The molecule has 0 atom stereocenters. The first-order valence-corrected chi connectivity index (χ1v) is 11.3. The van der Waals surface area contributed by atoms with Crippen LogP contribution in [0.1, 0.15) is 40.9 Å². The molecule has 0 saturated heterocycles. The molecule has 3 rings (SSSR count). The van der Waals surface area contributed by atoms with Gasteiger partial charge in [0.25, 0.3) is 5.91 Å². The molecule has 0 spiro atoms. The minimum absolute atomic E-state index is 0.00325. The van der Waals surface area contributed by atoms with Crippen LogP contribution in [-0.2, 0) is 16.4 Å². The number of methoxy groups -OCH3 is 1. The summed E-state index contributed by atoms with van der Waals surface area (Å²) in [5.74, 6) is -0.286. The first-order valence-electron chi connectivity index (χ1n) is 9.00. The molecular formula is C18H23N3O5S2. The summed E-state index contributed by atoms with van der Waals surface area (Å²) < 4.78 is 33.5. The van der Waals surface area contributed by atoms with Crippen LogP contribution in [-0.4, -0.2) is 44.2 Å². The maximum absolute atomic E-state index is 12.8. The second-order valence-corrected chi connectivity index (χ2v) is 9.33. The van der Waals surface area contributed by atoms with E-state index in [9.17, 15) is 13.2 Å². The van der Waals surface area contributed by atoms with Gasteiger partial charge in [-0.3, -0.25) is 10.1 Å². The fourth-order valence-corrected chi connectivity index (χ4v) is 5.41. The van der Waals surface area contributed by atoms with Crippen LogP contribution in [0.2, 0.25) is 0 Å². The third-order valence-electron chi connectivity index (χ3n) is 4.52. The molecule has 1 heterocycles. The molecule has 1 aromatic carbocycles. The van der Waals surface area contributed by atoms with Gasteiger partial charge in [0.05, 0.1) is 7.11 Å². The molecule has 1 aromatic heterocycles. The summed E-state index contributed by atoms with van der Waals surface area (Å²) in [5, 5.41) is 12.0. The van der Waals surface area contributed by atoms with E-state index in [-0.39, 0.29) is 28.9 Å². The van der Waals surface area contributed by atoms with Crippen molar-refractivity contribution < 1.29 is 23.1 Å². The maximum Gasteiger partial charge on any atom is 0.257 e. The summed E-state index contributed by atoms with van der Waals surface area (Å²) in [6.07, 6.45) is 5.67. The van der Waals surface area contributed by atoms with E-state index in [0.717, 1.165) is 30.6 Å². The molecule has 2 aromatic rings. The number of aromatic nitrogens is 1. The summed E-state index contributed by atoms with van der Waals surface area (Å²) >= 11 is 1.26. The molecule has 1 saturated carbocycles. The molecular weight excluding hydrogens is 402 g/mol. The maximum atomic E-state index is 12.8. The number of aliphatic hydroxyl groups excluding tert-OH is 1. The normalized spacial score (nSPS) is 14.9. The summed E-state index contributed by atoms with van der Waals surface area (Å²) in [6, 6.07) is 4.20. The number of aliphatic hydroxyl groups is 1. The van der Waals surface area contributed by atoms with Gasteiger partial charge in [-0.2, -0.15) is 0 Å². The second-order valence-electron chi connectivity index (χ2n) is 6.53. The van der Waals surface area contributed by atoms with E-state index in [1.807, 2.05) is 0 Å². The average Bonchev–Trinajstić information content (AvgIpc) is 3.33. The third kappa shape index (κ3) is 4.88. The molecule has 0 bridgehead atoms. The van der Waals surface area contributed by atoms with Gasteiger partial charge in [-0.25, -0.2) is 18.1 Å². The van der Waals surface area contributed by atoms with Crippen LogP contribution in [0.25, 0.3) is 0 Å². The van der Waals surface area contributed by atoms with Crippen LogP contribution in [0.5, 0.6) is 5.75 Å². The molecule has 0 aliphatic heterocycles. The van der Waals surface area contributed by atoms with Crippen LogP contribution in [0.3, 0.4) is 0 Å².